The van der Waals surface area contributed by atoms with E-state index in [-0.39, 0.29) is 0 Å². The molecule has 10 heteroatoms. The monoisotopic (exact) mass is 299 g/mol. The topological polar surface area (TPSA) is 205 Å². The Balaban J connectivity index is -0.0000000510. The molecular weight excluding hydrogens is 282 g/mol. The second-order valence-corrected chi connectivity index (χ2v) is 2.63. The lowest BCUT2D eigenvalue weighted by molar-refractivity contribution is 0.504. The van der Waals surface area contributed by atoms with E-state index < -0.39 is 0 Å². The molecule has 116 valence electrons. The van der Waals surface area contributed by atoms with E-state index in [9.17, 15) is 0 Å². The molecule has 21 heavy (non-hydrogen) atoms. The SMILES string of the molecule is C1CCCCC1.N=C=O.N=C=O.N=C=O.N=C=O.N=C=O. The van der Waals surface area contributed by atoms with E-state index in [0.717, 1.165) is 30.4 Å². The Bertz CT molecular complexity index is 268. The normalized spacial score (nSPS) is 8.76. The number of rotatable bonds is 0. The van der Waals surface area contributed by atoms with Gasteiger partial charge in [0.15, 0.2) is 0 Å². The minimum absolute atomic E-state index is 0.750. The van der Waals surface area contributed by atoms with Gasteiger partial charge in [0.1, 0.15) is 0 Å². The third-order valence-electron chi connectivity index (χ3n) is 1.50. The molecule has 1 rings (SSSR count). The Morgan fingerprint density at radius 2 is 0.429 bits per heavy atom. The lowest BCUT2D eigenvalue weighted by Crippen LogP contribution is -1.85. The van der Waals surface area contributed by atoms with Crippen molar-refractivity contribution in [3.05, 3.63) is 0 Å². The smallest absolute Gasteiger partial charge is 0.222 e. The van der Waals surface area contributed by atoms with Crippen LogP contribution in [0.1, 0.15) is 38.5 Å². The van der Waals surface area contributed by atoms with Gasteiger partial charge in [-0.05, 0) is 0 Å². The first-order valence-electron chi connectivity index (χ1n) is 5.27. The molecule has 5 N–H and O–H groups in total. The lowest BCUT2D eigenvalue weighted by atomic mass is 10.0. The van der Waals surface area contributed by atoms with E-state index in [4.69, 9.17) is 51.0 Å². The van der Waals surface area contributed by atoms with E-state index >= 15 is 0 Å². The predicted molar refractivity (Wildman–Crippen MR) is 69.8 cm³/mol. The van der Waals surface area contributed by atoms with E-state index in [0.29, 0.717) is 0 Å². The van der Waals surface area contributed by atoms with Gasteiger partial charge in [0, 0.05) is 0 Å². The summed E-state index contributed by atoms with van der Waals surface area (Å²) in [6, 6.07) is 0. The Morgan fingerprint density at radius 1 is 0.381 bits per heavy atom. The second kappa shape index (κ2) is 68.5. The molecule has 0 aromatic carbocycles. The first-order chi connectivity index (χ1) is 10.1. The van der Waals surface area contributed by atoms with Gasteiger partial charge in [-0.3, -0.25) is 0 Å². The van der Waals surface area contributed by atoms with Crippen molar-refractivity contribution in [2.75, 3.05) is 0 Å². The Morgan fingerprint density at radius 3 is 0.476 bits per heavy atom. The number of isocyanates is 5. The summed E-state index contributed by atoms with van der Waals surface area (Å²) in [6.45, 7) is 0. The summed E-state index contributed by atoms with van der Waals surface area (Å²) in [5.41, 5.74) is 0. The number of hydrogen-bond donors (Lipinski definition) is 5. The van der Waals surface area contributed by atoms with Crippen LogP contribution in [0.4, 0.5) is 0 Å². The highest BCUT2D eigenvalue weighted by Gasteiger charge is 1.95. The van der Waals surface area contributed by atoms with Gasteiger partial charge in [-0.25, -0.2) is 51.0 Å². The summed E-state index contributed by atoms with van der Waals surface area (Å²) in [4.78, 5) is 41.7. The van der Waals surface area contributed by atoms with Crippen molar-refractivity contribution < 1.29 is 24.0 Å². The molecule has 1 aliphatic carbocycles. The van der Waals surface area contributed by atoms with Gasteiger partial charge in [-0.1, -0.05) is 38.5 Å². The van der Waals surface area contributed by atoms with Crippen LogP contribution >= 0.6 is 0 Å². The van der Waals surface area contributed by atoms with Crippen LogP contribution in [0.25, 0.3) is 0 Å². The average Bonchev–Trinajstić information content (AvgIpc) is 2.45. The van der Waals surface area contributed by atoms with Crippen molar-refractivity contribution in [3.8, 4) is 0 Å². The quantitative estimate of drug-likeness (QED) is 0.334. The molecule has 0 amide bonds. The average molecular weight is 299 g/mol. The largest absolute Gasteiger partial charge is 0.231 e. The fourth-order valence-corrected chi connectivity index (χ4v) is 1.06. The van der Waals surface area contributed by atoms with Crippen molar-refractivity contribution >= 4 is 30.4 Å². The maximum Gasteiger partial charge on any atom is 0.231 e. The van der Waals surface area contributed by atoms with Crippen LogP contribution < -0.4 is 0 Å². The molecule has 0 spiro atoms. The minimum Gasteiger partial charge on any atom is -0.222 e. The zero-order valence-corrected chi connectivity index (χ0v) is 11.3. The van der Waals surface area contributed by atoms with Gasteiger partial charge >= 0.3 is 0 Å². The molecule has 1 fully saturated rings. The summed E-state index contributed by atoms with van der Waals surface area (Å²) < 4.78 is 0. The maximum atomic E-state index is 8.35. The van der Waals surface area contributed by atoms with Gasteiger partial charge in [0.25, 0.3) is 0 Å². The zero-order valence-electron chi connectivity index (χ0n) is 11.3. The third-order valence-corrected chi connectivity index (χ3v) is 1.50. The van der Waals surface area contributed by atoms with Crippen LogP contribution in [0.2, 0.25) is 0 Å². The summed E-state index contributed by atoms with van der Waals surface area (Å²) in [5.74, 6) is 0. The van der Waals surface area contributed by atoms with Crippen molar-refractivity contribution in [3.63, 3.8) is 0 Å². The number of carbonyl (C=O) groups excluding carboxylic acids is 5. The molecule has 0 heterocycles. The molecule has 0 radical (unpaired) electrons. The summed E-state index contributed by atoms with van der Waals surface area (Å²) >= 11 is 0. The van der Waals surface area contributed by atoms with Gasteiger partial charge in [-0.15, -0.1) is 0 Å². The third kappa shape index (κ3) is 446. The first kappa shape index (κ1) is 30.7. The predicted octanol–water partition coefficient (Wildman–Crippen LogP) is 1.85. The highest BCUT2D eigenvalue weighted by molar-refractivity contribution is 5.27. The van der Waals surface area contributed by atoms with Gasteiger partial charge in [0.2, 0.25) is 30.4 Å². The summed E-state index contributed by atoms with van der Waals surface area (Å²) in [7, 11) is 0. The number of hydrogen-bond acceptors (Lipinski definition) is 10. The molecule has 0 aromatic heterocycles. The summed E-state index contributed by atoms with van der Waals surface area (Å²) in [6.07, 6.45) is 12.8. The molecule has 0 bridgehead atoms. The van der Waals surface area contributed by atoms with Crippen molar-refractivity contribution in [1.82, 2.24) is 0 Å². The fourth-order valence-electron chi connectivity index (χ4n) is 1.06. The standard InChI is InChI=1S/C6H12.5CHNO/c1-2-4-6-5-3-1;5*2-1-3/h1-6H2;5*2H. The highest BCUT2D eigenvalue weighted by Crippen LogP contribution is 2.15. The molecule has 0 saturated heterocycles. The minimum atomic E-state index is 0.750. The van der Waals surface area contributed by atoms with E-state index in [1.54, 1.807) is 0 Å². The fraction of sp³-hybridized carbons (Fsp3) is 0.545. The Hall–Kier alpha value is -3.10. The van der Waals surface area contributed by atoms with E-state index in [2.05, 4.69) is 0 Å². The Labute approximate surface area is 121 Å². The van der Waals surface area contributed by atoms with Gasteiger partial charge in [0.05, 0.1) is 0 Å². The zero-order chi connectivity index (χ0) is 17.8. The molecule has 1 aliphatic rings. The van der Waals surface area contributed by atoms with Gasteiger partial charge < -0.3 is 0 Å². The molecule has 0 aromatic rings. The van der Waals surface area contributed by atoms with E-state index in [1.165, 1.54) is 38.5 Å². The van der Waals surface area contributed by atoms with Crippen molar-refractivity contribution in [2.24, 2.45) is 0 Å². The molecule has 10 nitrogen and oxygen atoms in total. The lowest BCUT2D eigenvalue weighted by Gasteiger charge is -2.05. The molecule has 0 atom stereocenters. The van der Waals surface area contributed by atoms with Crippen LogP contribution in [0.15, 0.2) is 0 Å². The van der Waals surface area contributed by atoms with E-state index in [1.807, 2.05) is 0 Å². The second-order valence-electron chi connectivity index (χ2n) is 2.63. The van der Waals surface area contributed by atoms with Crippen LogP contribution in [-0.4, -0.2) is 30.4 Å². The van der Waals surface area contributed by atoms with Crippen molar-refractivity contribution in [2.45, 2.75) is 38.5 Å². The number of nitrogens with one attached hydrogen (secondary N) is 5. The Kier molecular flexibility index (Phi) is 100. The van der Waals surface area contributed by atoms with Crippen LogP contribution in [0.5, 0.6) is 0 Å². The van der Waals surface area contributed by atoms with Crippen molar-refractivity contribution in [1.29, 1.82) is 27.0 Å². The van der Waals surface area contributed by atoms with Crippen LogP contribution in [0, 0.1) is 27.0 Å². The first-order valence-corrected chi connectivity index (χ1v) is 5.27. The van der Waals surface area contributed by atoms with Gasteiger partial charge in [-0.2, -0.15) is 0 Å². The van der Waals surface area contributed by atoms with Crippen LogP contribution in [-0.2, 0) is 24.0 Å². The van der Waals surface area contributed by atoms with Crippen LogP contribution in [0.3, 0.4) is 0 Å². The maximum absolute atomic E-state index is 8.35. The molecule has 1 saturated carbocycles. The molecule has 0 aliphatic heterocycles. The summed E-state index contributed by atoms with van der Waals surface area (Å²) in [5, 5.41) is 27.0. The highest BCUT2D eigenvalue weighted by atomic mass is 16.1. The molecule has 0 unspecified atom stereocenters. The molecular formula is C11H17N5O5.